The predicted molar refractivity (Wildman–Crippen MR) is 89.5 cm³/mol. The van der Waals surface area contributed by atoms with E-state index < -0.39 is 9.84 Å². The molecule has 0 bridgehead atoms. The molecule has 8 heteroatoms. The molecule has 0 radical (unpaired) electrons. The van der Waals surface area contributed by atoms with Crippen molar-refractivity contribution in [2.45, 2.75) is 17.9 Å². The Labute approximate surface area is 140 Å². The number of nitrogens with zero attached hydrogens (tertiary/aromatic N) is 3. The zero-order valence-electron chi connectivity index (χ0n) is 13.9. The molecule has 0 fully saturated rings. The fourth-order valence-corrected chi connectivity index (χ4v) is 2.82. The van der Waals surface area contributed by atoms with Gasteiger partial charge in [0, 0.05) is 26.4 Å². The van der Waals surface area contributed by atoms with E-state index in [1.807, 2.05) is 6.92 Å². The summed E-state index contributed by atoms with van der Waals surface area (Å²) in [6, 6.07) is 8.79. The summed E-state index contributed by atoms with van der Waals surface area (Å²) in [5.41, 5.74) is 0.667. The Bertz CT molecular complexity index is 917. The van der Waals surface area contributed by atoms with Gasteiger partial charge in [-0.05, 0) is 30.7 Å². The van der Waals surface area contributed by atoms with Crippen molar-refractivity contribution >= 4 is 15.7 Å². The lowest BCUT2D eigenvalue weighted by molar-refractivity contribution is 0.0734. The van der Waals surface area contributed by atoms with Crippen molar-refractivity contribution < 1.29 is 13.2 Å². The minimum absolute atomic E-state index is 0.166. The Balaban J connectivity index is 2.25. The van der Waals surface area contributed by atoms with Crippen LogP contribution in [0.1, 0.15) is 29.0 Å². The lowest BCUT2D eigenvalue weighted by Gasteiger charge is -2.25. The first-order valence-corrected chi connectivity index (χ1v) is 9.12. The highest BCUT2D eigenvalue weighted by Crippen LogP contribution is 2.21. The number of carbonyl (C=O) groups excluding carboxylic acids is 1. The van der Waals surface area contributed by atoms with Crippen LogP contribution in [0.15, 0.2) is 46.1 Å². The summed E-state index contributed by atoms with van der Waals surface area (Å²) in [4.78, 5) is 25.6. The number of hydrogen-bond donors (Lipinski definition) is 0. The van der Waals surface area contributed by atoms with Crippen molar-refractivity contribution in [3.63, 3.8) is 0 Å². The molecule has 2 aromatic rings. The second-order valence-electron chi connectivity index (χ2n) is 5.61. The average Bonchev–Trinajstić information content (AvgIpc) is 2.54. The van der Waals surface area contributed by atoms with Crippen LogP contribution in [0.3, 0.4) is 0 Å². The van der Waals surface area contributed by atoms with Gasteiger partial charge in [-0.3, -0.25) is 9.59 Å². The molecule has 24 heavy (non-hydrogen) atoms. The second-order valence-corrected chi connectivity index (χ2v) is 7.63. The molecule has 0 aliphatic carbocycles. The van der Waals surface area contributed by atoms with Gasteiger partial charge in [0.2, 0.25) is 0 Å². The summed E-state index contributed by atoms with van der Waals surface area (Å²) >= 11 is 0. The van der Waals surface area contributed by atoms with Crippen LogP contribution in [-0.4, -0.2) is 42.3 Å². The molecule has 7 nitrogen and oxygen atoms in total. The summed E-state index contributed by atoms with van der Waals surface area (Å²) in [5.74, 6) is -0.328. The van der Waals surface area contributed by atoms with Crippen LogP contribution in [0.25, 0.3) is 0 Å². The molecule has 0 aliphatic heterocycles. The highest BCUT2D eigenvalue weighted by Gasteiger charge is 2.21. The molecular formula is C16H19N3O4S. The summed E-state index contributed by atoms with van der Waals surface area (Å²) in [6.07, 6.45) is 1.15. The van der Waals surface area contributed by atoms with Gasteiger partial charge in [0.05, 0.1) is 10.9 Å². The zero-order valence-corrected chi connectivity index (χ0v) is 14.7. The Morgan fingerprint density at radius 1 is 1.17 bits per heavy atom. The molecule has 1 heterocycles. The molecule has 1 amide bonds. The van der Waals surface area contributed by atoms with Crippen molar-refractivity contribution in [2.75, 3.05) is 13.3 Å². The van der Waals surface area contributed by atoms with Gasteiger partial charge in [-0.2, -0.15) is 5.10 Å². The SMILES string of the molecule is CC(c1ccc(S(C)(=O)=O)cc1)N(C)C(=O)c1ccc(=O)n(C)n1. The molecule has 0 saturated carbocycles. The Kier molecular flexibility index (Phi) is 4.88. The third-order valence-electron chi connectivity index (χ3n) is 3.87. The van der Waals surface area contributed by atoms with E-state index in [9.17, 15) is 18.0 Å². The predicted octanol–water partition coefficient (Wildman–Crippen LogP) is 1.02. The number of benzene rings is 1. The molecule has 128 valence electrons. The Hall–Kier alpha value is -2.48. The van der Waals surface area contributed by atoms with Crippen LogP contribution in [-0.2, 0) is 16.9 Å². The first-order chi connectivity index (χ1) is 11.1. The molecule has 0 spiro atoms. The van der Waals surface area contributed by atoms with Gasteiger partial charge >= 0.3 is 0 Å². The van der Waals surface area contributed by atoms with Gasteiger partial charge in [-0.25, -0.2) is 13.1 Å². The van der Waals surface area contributed by atoms with Crippen molar-refractivity contribution in [1.82, 2.24) is 14.7 Å². The molecule has 1 atom stereocenters. The zero-order chi connectivity index (χ0) is 18.1. The maximum atomic E-state index is 12.5. The van der Waals surface area contributed by atoms with Gasteiger partial charge < -0.3 is 4.90 Å². The van der Waals surface area contributed by atoms with Gasteiger partial charge in [0.1, 0.15) is 5.69 Å². The van der Waals surface area contributed by atoms with E-state index in [1.165, 1.54) is 36.2 Å². The minimum atomic E-state index is -3.26. The van der Waals surface area contributed by atoms with Crippen molar-refractivity contribution in [1.29, 1.82) is 0 Å². The number of aromatic nitrogens is 2. The van der Waals surface area contributed by atoms with Gasteiger partial charge in [-0.1, -0.05) is 12.1 Å². The third-order valence-corrected chi connectivity index (χ3v) is 5.00. The maximum Gasteiger partial charge on any atom is 0.274 e. The van der Waals surface area contributed by atoms with Crippen molar-refractivity contribution in [2.24, 2.45) is 7.05 Å². The average molecular weight is 349 g/mol. The van der Waals surface area contributed by atoms with E-state index in [1.54, 1.807) is 19.2 Å². The minimum Gasteiger partial charge on any atom is -0.334 e. The molecule has 0 N–H and O–H groups in total. The lowest BCUT2D eigenvalue weighted by Crippen LogP contribution is -2.32. The van der Waals surface area contributed by atoms with E-state index in [4.69, 9.17) is 0 Å². The first kappa shape index (κ1) is 17.9. The summed E-state index contributed by atoms with van der Waals surface area (Å²) in [5, 5.41) is 3.95. The van der Waals surface area contributed by atoms with E-state index >= 15 is 0 Å². The highest BCUT2D eigenvalue weighted by molar-refractivity contribution is 7.90. The standard InChI is InChI=1S/C16H19N3O4S/c1-11(12-5-7-13(8-6-12)24(4,22)23)18(2)16(21)14-9-10-15(20)19(3)17-14/h5-11H,1-4H3. The number of carbonyl (C=O) groups is 1. The van der Waals surface area contributed by atoms with Crippen LogP contribution in [0, 0.1) is 0 Å². The van der Waals surface area contributed by atoms with E-state index in [-0.39, 0.29) is 28.1 Å². The highest BCUT2D eigenvalue weighted by atomic mass is 32.2. The Morgan fingerprint density at radius 2 is 1.75 bits per heavy atom. The van der Waals surface area contributed by atoms with Gasteiger partial charge in [0.25, 0.3) is 11.5 Å². The molecule has 1 unspecified atom stereocenters. The smallest absolute Gasteiger partial charge is 0.274 e. The van der Waals surface area contributed by atoms with E-state index in [2.05, 4.69) is 5.10 Å². The van der Waals surface area contributed by atoms with E-state index in [0.29, 0.717) is 0 Å². The second kappa shape index (κ2) is 6.56. The topological polar surface area (TPSA) is 89.3 Å². The Morgan fingerprint density at radius 3 is 2.25 bits per heavy atom. The number of amides is 1. The summed E-state index contributed by atoms with van der Waals surface area (Å²) in [6.45, 7) is 1.83. The van der Waals surface area contributed by atoms with Crippen LogP contribution < -0.4 is 5.56 Å². The fourth-order valence-electron chi connectivity index (χ4n) is 2.19. The quantitative estimate of drug-likeness (QED) is 0.822. The maximum absolute atomic E-state index is 12.5. The van der Waals surface area contributed by atoms with Crippen molar-refractivity contribution in [3.05, 3.63) is 58.0 Å². The van der Waals surface area contributed by atoms with E-state index in [0.717, 1.165) is 16.5 Å². The summed E-state index contributed by atoms with van der Waals surface area (Å²) in [7, 11) is -0.149. The van der Waals surface area contributed by atoms with Crippen LogP contribution in [0.5, 0.6) is 0 Å². The molecule has 0 aliphatic rings. The van der Waals surface area contributed by atoms with Crippen LogP contribution >= 0.6 is 0 Å². The lowest BCUT2D eigenvalue weighted by atomic mass is 10.1. The van der Waals surface area contributed by atoms with Gasteiger partial charge in [0.15, 0.2) is 9.84 Å². The molecule has 2 rings (SSSR count). The number of aryl methyl sites for hydroxylation is 1. The molecule has 0 saturated heterocycles. The number of hydrogen-bond acceptors (Lipinski definition) is 5. The normalized spacial score (nSPS) is 12.7. The van der Waals surface area contributed by atoms with Crippen LogP contribution in [0.4, 0.5) is 0 Å². The molecule has 1 aromatic carbocycles. The number of sulfone groups is 1. The third kappa shape index (κ3) is 3.70. The molecular weight excluding hydrogens is 330 g/mol. The fraction of sp³-hybridized carbons (Fsp3) is 0.312. The molecule has 1 aromatic heterocycles. The number of rotatable bonds is 4. The monoisotopic (exact) mass is 349 g/mol. The summed E-state index contributed by atoms with van der Waals surface area (Å²) < 4.78 is 24.1. The first-order valence-electron chi connectivity index (χ1n) is 7.23. The van der Waals surface area contributed by atoms with Crippen LogP contribution in [0.2, 0.25) is 0 Å². The van der Waals surface area contributed by atoms with Crippen molar-refractivity contribution in [3.8, 4) is 0 Å². The van der Waals surface area contributed by atoms with Gasteiger partial charge in [-0.15, -0.1) is 0 Å². The largest absolute Gasteiger partial charge is 0.334 e.